The summed E-state index contributed by atoms with van der Waals surface area (Å²) < 4.78 is 21.2. The third-order valence-corrected chi connectivity index (χ3v) is 3.12. The van der Waals surface area contributed by atoms with Gasteiger partial charge in [0, 0.05) is 30.2 Å². The topological polar surface area (TPSA) is 52.8 Å². The first kappa shape index (κ1) is 14.2. The van der Waals surface area contributed by atoms with Crippen LogP contribution in [0.25, 0.3) is 11.3 Å². The van der Waals surface area contributed by atoms with E-state index in [1.807, 2.05) is 24.6 Å². The standard InChI is InChI=1S/C16H15FN4O/c1-11(2)21-14(6-9-20-21)13-10-12(17)4-5-15(13)22-16-18-7-3-8-19-16/h3-11H,1-2H3. The Morgan fingerprint density at radius 3 is 2.59 bits per heavy atom. The fourth-order valence-electron chi connectivity index (χ4n) is 2.17. The van der Waals surface area contributed by atoms with Crippen molar-refractivity contribution in [1.29, 1.82) is 0 Å². The lowest BCUT2D eigenvalue weighted by Crippen LogP contribution is -2.05. The van der Waals surface area contributed by atoms with Crippen molar-refractivity contribution in [2.45, 2.75) is 19.9 Å². The molecule has 0 aliphatic rings. The summed E-state index contributed by atoms with van der Waals surface area (Å²) in [7, 11) is 0. The lowest BCUT2D eigenvalue weighted by molar-refractivity contribution is 0.440. The normalized spacial score (nSPS) is 10.9. The highest BCUT2D eigenvalue weighted by Gasteiger charge is 2.15. The Morgan fingerprint density at radius 2 is 1.86 bits per heavy atom. The summed E-state index contributed by atoms with van der Waals surface area (Å²) in [6.07, 6.45) is 4.86. The molecule has 0 unspecified atom stereocenters. The molecule has 0 amide bonds. The zero-order valence-electron chi connectivity index (χ0n) is 12.3. The smallest absolute Gasteiger partial charge is 0.321 e. The number of hydrogen-bond donors (Lipinski definition) is 0. The molecule has 0 saturated carbocycles. The van der Waals surface area contributed by atoms with Crippen LogP contribution in [0, 0.1) is 5.82 Å². The predicted octanol–water partition coefficient (Wildman–Crippen LogP) is 3.85. The Bertz CT molecular complexity index is 771. The first-order chi connectivity index (χ1) is 10.6. The van der Waals surface area contributed by atoms with E-state index >= 15 is 0 Å². The van der Waals surface area contributed by atoms with Crippen LogP contribution in [0.5, 0.6) is 11.8 Å². The van der Waals surface area contributed by atoms with Gasteiger partial charge < -0.3 is 4.74 Å². The van der Waals surface area contributed by atoms with E-state index in [4.69, 9.17) is 4.74 Å². The first-order valence-corrected chi connectivity index (χ1v) is 6.93. The maximum absolute atomic E-state index is 13.7. The molecular formula is C16H15FN4O. The molecule has 0 fully saturated rings. The second-order valence-corrected chi connectivity index (χ2v) is 5.03. The molecule has 0 aliphatic carbocycles. The minimum Gasteiger partial charge on any atom is -0.424 e. The molecule has 2 aromatic heterocycles. The van der Waals surface area contributed by atoms with E-state index in [-0.39, 0.29) is 17.9 Å². The minimum atomic E-state index is -0.340. The van der Waals surface area contributed by atoms with Crippen molar-refractivity contribution in [1.82, 2.24) is 19.7 Å². The fraction of sp³-hybridized carbons (Fsp3) is 0.188. The summed E-state index contributed by atoms with van der Waals surface area (Å²) in [4.78, 5) is 8.05. The van der Waals surface area contributed by atoms with Gasteiger partial charge in [0.05, 0.1) is 5.69 Å². The van der Waals surface area contributed by atoms with Gasteiger partial charge in [-0.2, -0.15) is 5.10 Å². The molecule has 6 heteroatoms. The van der Waals surface area contributed by atoms with Crippen LogP contribution in [-0.4, -0.2) is 19.7 Å². The van der Waals surface area contributed by atoms with Crippen LogP contribution in [0.4, 0.5) is 4.39 Å². The molecule has 3 rings (SSSR count). The Kier molecular flexibility index (Phi) is 3.82. The predicted molar refractivity (Wildman–Crippen MR) is 80.1 cm³/mol. The molecule has 0 bridgehead atoms. The second kappa shape index (κ2) is 5.93. The average molecular weight is 298 g/mol. The summed E-state index contributed by atoms with van der Waals surface area (Å²) in [5.41, 5.74) is 1.39. The van der Waals surface area contributed by atoms with Gasteiger partial charge in [0.15, 0.2) is 0 Å². The number of benzene rings is 1. The highest BCUT2D eigenvalue weighted by molar-refractivity contribution is 5.68. The van der Waals surface area contributed by atoms with Gasteiger partial charge in [0.2, 0.25) is 0 Å². The molecule has 0 saturated heterocycles. The highest BCUT2D eigenvalue weighted by Crippen LogP contribution is 2.33. The second-order valence-electron chi connectivity index (χ2n) is 5.03. The van der Waals surface area contributed by atoms with E-state index in [0.29, 0.717) is 11.3 Å². The van der Waals surface area contributed by atoms with Gasteiger partial charge in [-0.15, -0.1) is 0 Å². The van der Waals surface area contributed by atoms with Gasteiger partial charge in [-0.3, -0.25) is 4.68 Å². The maximum atomic E-state index is 13.7. The van der Waals surface area contributed by atoms with Crippen molar-refractivity contribution in [3.8, 4) is 23.0 Å². The van der Waals surface area contributed by atoms with E-state index < -0.39 is 0 Å². The molecule has 0 radical (unpaired) electrons. The van der Waals surface area contributed by atoms with Gasteiger partial charge in [-0.25, -0.2) is 14.4 Å². The lowest BCUT2D eigenvalue weighted by Gasteiger charge is -2.14. The van der Waals surface area contributed by atoms with Gasteiger partial charge in [-0.1, -0.05) is 0 Å². The molecule has 1 aromatic carbocycles. The summed E-state index contributed by atoms with van der Waals surface area (Å²) in [6.45, 7) is 4.02. The molecule has 112 valence electrons. The number of hydrogen-bond acceptors (Lipinski definition) is 4. The quantitative estimate of drug-likeness (QED) is 0.734. The van der Waals surface area contributed by atoms with Crippen LogP contribution < -0.4 is 4.74 Å². The van der Waals surface area contributed by atoms with Crippen molar-refractivity contribution in [2.24, 2.45) is 0 Å². The summed E-state index contributed by atoms with van der Waals surface area (Å²) in [5, 5.41) is 4.28. The van der Waals surface area contributed by atoms with Crippen LogP contribution in [0.2, 0.25) is 0 Å². The van der Waals surface area contributed by atoms with E-state index in [9.17, 15) is 4.39 Å². The largest absolute Gasteiger partial charge is 0.424 e. The monoisotopic (exact) mass is 298 g/mol. The SMILES string of the molecule is CC(C)n1nccc1-c1cc(F)ccc1Oc1ncccn1. The summed E-state index contributed by atoms with van der Waals surface area (Å²) in [6, 6.07) is 8.23. The van der Waals surface area contributed by atoms with Gasteiger partial charge >= 0.3 is 6.01 Å². The van der Waals surface area contributed by atoms with Crippen LogP contribution in [-0.2, 0) is 0 Å². The van der Waals surface area contributed by atoms with Crippen LogP contribution in [0.15, 0.2) is 48.9 Å². The average Bonchev–Trinajstić information content (AvgIpc) is 3.00. The molecule has 3 aromatic rings. The lowest BCUT2D eigenvalue weighted by atomic mass is 10.1. The number of nitrogens with zero attached hydrogens (tertiary/aromatic N) is 4. The number of ether oxygens (including phenoxy) is 1. The minimum absolute atomic E-state index is 0.147. The van der Waals surface area contributed by atoms with E-state index in [0.717, 1.165) is 5.69 Å². The highest BCUT2D eigenvalue weighted by atomic mass is 19.1. The van der Waals surface area contributed by atoms with Crippen molar-refractivity contribution >= 4 is 0 Å². The Hall–Kier alpha value is -2.76. The number of aromatic nitrogens is 4. The Morgan fingerprint density at radius 1 is 1.09 bits per heavy atom. The third kappa shape index (κ3) is 2.81. The summed E-state index contributed by atoms with van der Waals surface area (Å²) >= 11 is 0. The third-order valence-electron chi connectivity index (χ3n) is 3.12. The van der Waals surface area contributed by atoms with Crippen molar-refractivity contribution in [3.05, 3.63) is 54.7 Å². The van der Waals surface area contributed by atoms with Crippen molar-refractivity contribution in [3.63, 3.8) is 0 Å². The molecule has 5 nitrogen and oxygen atoms in total. The zero-order chi connectivity index (χ0) is 15.5. The Labute approximate surface area is 127 Å². The van der Waals surface area contributed by atoms with Crippen LogP contribution in [0.1, 0.15) is 19.9 Å². The fourth-order valence-corrected chi connectivity index (χ4v) is 2.17. The molecule has 0 atom stereocenters. The van der Waals surface area contributed by atoms with Gasteiger partial charge in [0.25, 0.3) is 0 Å². The zero-order valence-corrected chi connectivity index (χ0v) is 12.3. The van der Waals surface area contributed by atoms with Crippen molar-refractivity contribution < 1.29 is 9.13 Å². The molecule has 0 N–H and O–H groups in total. The van der Waals surface area contributed by atoms with E-state index in [2.05, 4.69) is 15.1 Å². The van der Waals surface area contributed by atoms with E-state index in [1.165, 1.54) is 12.1 Å². The Balaban J connectivity index is 2.07. The summed E-state index contributed by atoms with van der Waals surface area (Å²) in [5.74, 6) is 0.142. The molecule has 0 spiro atoms. The van der Waals surface area contributed by atoms with E-state index in [1.54, 1.807) is 30.7 Å². The molecule has 2 heterocycles. The van der Waals surface area contributed by atoms with Crippen molar-refractivity contribution in [2.75, 3.05) is 0 Å². The van der Waals surface area contributed by atoms with Gasteiger partial charge in [-0.05, 0) is 44.2 Å². The van der Waals surface area contributed by atoms with Gasteiger partial charge in [0.1, 0.15) is 11.6 Å². The maximum Gasteiger partial charge on any atom is 0.321 e. The number of rotatable bonds is 4. The van der Waals surface area contributed by atoms with Crippen LogP contribution in [0.3, 0.4) is 0 Å². The molecule has 0 aliphatic heterocycles. The first-order valence-electron chi connectivity index (χ1n) is 6.93. The van der Waals surface area contributed by atoms with Crippen LogP contribution >= 0.6 is 0 Å². The molecular weight excluding hydrogens is 283 g/mol. The molecule has 22 heavy (non-hydrogen) atoms. The number of halogens is 1.